The fourth-order valence-electron chi connectivity index (χ4n) is 1.81. The molecule has 0 atom stereocenters. The standard InChI is InChI=1S/C15H22F3NO2/c1-14(2,3)12-9-11(20-4)5-6-13(12)21-8-7-19-10-15(16,17)18/h5-6,9,19H,7-8,10H2,1-4H3. The van der Waals surface area contributed by atoms with E-state index in [2.05, 4.69) is 5.32 Å². The van der Waals surface area contributed by atoms with E-state index in [1.807, 2.05) is 26.8 Å². The largest absolute Gasteiger partial charge is 0.497 e. The Bertz CT molecular complexity index is 453. The average Bonchev–Trinajstić information content (AvgIpc) is 2.36. The lowest BCUT2D eigenvalue weighted by atomic mass is 9.86. The molecule has 0 aliphatic rings. The Balaban J connectivity index is 2.62. The second-order valence-corrected chi connectivity index (χ2v) is 5.75. The summed E-state index contributed by atoms with van der Waals surface area (Å²) in [5, 5.41) is 2.30. The van der Waals surface area contributed by atoms with Crippen LogP contribution < -0.4 is 14.8 Å². The fraction of sp³-hybridized carbons (Fsp3) is 0.600. The van der Waals surface area contributed by atoms with Crippen molar-refractivity contribution in [1.82, 2.24) is 5.32 Å². The molecule has 0 amide bonds. The lowest BCUT2D eigenvalue weighted by Gasteiger charge is -2.23. The van der Waals surface area contributed by atoms with Crippen LogP contribution in [-0.2, 0) is 5.41 Å². The molecule has 1 rings (SSSR count). The second kappa shape index (κ2) is 7.02. The molecule has 0 bridgehead atoms. The Morgan fingerprint density at radius 3 is 2.33 bits per heavy atom. The molecule has 0 saturated heterocycles. The Morgan fingerprint density at radius 1 is 1.14 bits per heavy atom. The number of hydrogen-bond donors (Lipinski definition) is 1. The van der Waals surface area contributed by atoms with E-state index in [0.717, 1.165) is 11.3 Å². The number of hydrogen-bond acceptors (Lipinski definition) is 3. The SMILES string of the molecule is COc1ccc(OCCNCC(F)(F)F)c(C(C)(C)C)c1. The van der Waals surface area contributed by atoms with Crippen LogP contribution in [-0.4, -0.2) is 33.0 Å². The monoisotopic (exact) mass is 305 g/mol. The minimum Gasteiger partial charge on any atom is -0.497 e. The van der Waals surface area contributed by atoms with Crippen molar-refractivity contribution < 1.29 is 22.6 Å². The highest BCUT2D eigenvalue weighted by atomic mass is 19.4. The van der Waals surface area contributed by atoms with Crippen LogP contribution in [0, 0.1) is 0 Å². The summed E-state index contributed by atoms with van der Waals surface area (Å²) in [7, 11) is 1.59. The summed E-state index contributed by atoms with van der Waals surface area (Å²) in [6.45, 7) is 5.41. The van der Waals surface area contributed by atoms with Gasteiger partial charge in [-0.1, -0.05) is 20.8 Å². The summed E-state index contributed by atoms with van der Waals surface area (Å²) in [5.41, 5.74) is 0.807. The van der Waals surface area contributed by atoms with Gasteiger partial charge in [0.1, 0.15) is 18.1 Å². The van der Waals surface area contributed by atoms with Crippen LogP contribution in [0.3, 0.4) is 0 Å². The maximum Gasteiger partial charge on any atom is 0.401 e. The molecule has 1 N–H and O–H groups in total. The molecule has 0 saturated carbocycles. The molecule has 1 aromatic rings. The van der Waals surface area contributed by atoms with Gasteiger partial charge in [-0.05, 0) is 23.6 Å². The molecule has 3 nitrogen and oxygen atoms in total. The van der Waals surface area contributed by atoms with Gasteiger partial charge in [-0.25, -0.2) is 0 Å². The van der Waals surface area contributed by atoms with Gasteiger partial charge in [-0.2, -0.15) is 13.2 Å². The smallest absolute Gasteiger partial charge is 0.401 e. The Morgan fingerprint density at radius 2 is 1.81 bits per heavy atom. The average molecular weight is 305 g/mol. The van der Waals surface area contributed by atoms with Crippen molar-refractivity contribution in [3.8, 4) is 11.5 Å². The zero-order chi connectivity index (χ0) is 16.1. The first kappa shape index (κ1) is 17.6. The Labute approximate surface area is 123 Å². The predicted molar refractivity (Wildman–Crippen MR) is 76.1 cm³/mol. The predicted octanol–water partition coefficient (Wildman–Crippen LogP) is 3.52. The van der Waals surface area contributed by atoms with Crippen LogP contribution in [0.1, 0.15) is 26.3 Å². The van der Waals surface area contributed by atoms with E-state index in [1.54, 1.807) is 19.2 Å². The Kier molecular flexibility index (Phi) is 5.89. The fourth-order valence-corrected chi connectivity index (χ4v) is 1.81. The summed E-state index contributed by atoms with van der Waals surface area (Å²) in [5.74, 6) is 1.39. The minimum atomic E-state index is -4.20. The second-order valence-electron chi connectivity index (χ2n) is 5.75. The van der Waals surface area contributed by atoms with Crippen molar-refractivity contribution in [2.24, 2.45) is 0 Å². The van der Waals surface area contributed by atoms with Crippen LogP contribution in [0.4, 0.5) is 13.2 Å². The van der Waals surface area contributed by atoms with Gasteiger partial charge in [0.05, 0.1) is 13.7 Å². The van der Waals surface area contributed by atoms with E-state index >= 15 is 0 Å². The topological polar surface area (TPSA) is 30.5 Å². The molecule has 0 heterocycles. The number of benzene rings is 1. The minimum absolute atomic E-state index is 0.134. The third kappa shape index (κ3) is 6.25. The van der Waals surface area contributed by atoms with Gasteiger partial charge in [0.2, 0.25) is 0 Å². The lowest BCUT2D eigenvalue weighted by Crippen LogP contribution is -2.31. The molecule has 0 aliphatic heterocycles. The summed E-state index contributed by atoms with van der Waals surface area (Å²) in [6.07, 6.45) is -4.20. The van der Waals surface area contributed by atoms with Gasteiger partial charge >= 0.3 is 6.18 Å². The molecule has 21 heavy (non-hydrogen) atoms. The normalized spacial score (nSPS) is 12.3. The van der Waals surface area contributed by atoms with Crippen LogP contribution in [0.5, 0.6) is 11.5 Å². The van der Waals surface area contributed by atoms with E-state index in [-0.39, 0.29) is 18.6 Å². The summed E-state index contributed by atoms with van der Waals surface area (Å²) < 4.78 is 46.8. The number of methoxy groups -OCH3 is 1. The van der Waals surface area contributed by atoms with Crippen molar-refractivity contribution in [2.45, 2.75) is 32.4 Å². The lowest BCUT2D eigenvalue weighted by molar-refractivity contribution is -0.124. The molecule has 0 fully saturated rings. The maximum atomic E-state index is 12.0. The molecule has 0 aromatic heterocycles. The molecule has 0 aliphatic carbocycles. The third-order valence-corrected chi connectivity index (χ3v) is 2.86. The van der Waals surface area contributed by atoms with Crippen molar-refractivity contribution in [3.05, 3.63) is 23.8 Å². The first-order chi connectivity index (χ1) is 9.63. The highest BCUT2D eigenvalue weighted by molar-refractivity contribution is 5.44. The first-order valence-electron chi connectivity index (χ1n) is 6.72. The zero-order valence-electron chi connectivity index (χ0n) is 12.8. The van der Waals surface area contributed by atoms with Crippen LogP contribution in [0.15, 0.2) is 18.2 Å². The van der Waals surface area contributed by atoms with Crippen LogP contribution in [0.25, 0.3) is 0 Å². The van der Waals surface area contributed by atoms with Gasteiger partial charge in [0, 0.05) is 12.1 Å². The van der Waals surface area contributed by atoms with Gasteiger partial charge in [-0.15, -0.1) is 0 Å². The molecule has 1 aromatic carbocycles. The number of ether oxygens (including phenoxy) is 2. The summed E-state index contributed by atoms with van der Waals surface area (Å²) >= 11 is 0. The zero-order valence-corrected chi connectivity index (χ0v) is 12.8. The van der Waals surface area contributed by atoms with Crippen molar-refractivity contribution in [2.75, 3.05) is 26.8 Å². The van der Waals surface area contributed by atoms with Crippen molar-refractivity contribution >= 4 is 0 Å². The van der Waals surface area contributed by atoms with Crippen molar-refractivity contribution in [3.63, 3.8) is 0 Å². The van der Waals surface area contributed by atoms with E-state index in [0.29, 0.717) is 5.75 Å². The van der Waals surface area contributed by atoms with Gasteiger partial charge in [0.25, 0.3) is 0 Å². The first-order valence-corrected chi connectivity index (χ1v) is 6.72. The van der Waals surface area contributed by atoms with E-state index in [1.165, 1.54) is 0 Å². The highest BCUT2D eigenvalue weighted by Gasteiger charge is 2.26. The van der Waals surface area contributed by atoms with E-state index in [4.69, 9.17) is 9.47 Å². The summed E-state index contributed by atoms with van der Waals surface area (Å²) in [4.78, 5) is 0. The number of alkyl halides is 3. The molecule has 0 radical (unpaired) electrons. The van der Waals surface area contributed by atoms with Crippen molar-refractivity contribution in [1.29, 1.82) is 0 Å². The number of rotatable bonds is 6. The Hall–Kier alpha value is -1.43. The summed E-state index contributed by atoms with van der Waals surface area (Å²) in [6, 6.07) is 5.44. The van der Waals surface area contributed by atoms with E-state index < -0.39 is 12.7 Å². The van der Waals surface area contributed by atoms with Gasteiger partial charge < -0.3 is 14.8 Å². The molecular formula is C15H22F3NO2. The van der Waals surface area contributed by atoms with Gasteiger partial charge in [-0.3, -0.25) is 0 Å². The molecular weight excluding hydrogens is 283 g/mol. The third-order valence-electron chi connectivity index (χ3n) is 2.86. The molecule has 6 heteroatoms. The quantitative estimate of drug-likeness (QED) is 0.816. The van der Waals surface area contributed by atoms with Crippen LogP contribution in [0.2, 0.25) is 0 Å². The molecule has 0 spiro atoms. The van der Waals surface area contributed by atoms with Gasteiger partial charge in [0.15, 0.2) is 0 Å². The molecule has 0 unspecified atom stereocenters. The number of halogens is 3. The number of nitrogens with one attached hydrogen (secondary N) is 1. The highest BCUT2D eigenvalue weighted by Crippen LogP contribution is 2.34. The van der Waals surface area contributed by atoms with Crippen LogP contribution >= 0.6 is 0 Å². The maximum absolute atomic E-state index is 12.0. The van der Waals surface area contributed by atoms with E-state index in [9.17, 15) is 13.2 Å². The molecule has 120 valence electrons.